The molecule has 0 aliphatic carbocycles. The van der Waals surface area contributed by atoms with Crippen molar-refractivity contribution in [2.75, 3.05) is 10.5 Å². The normalized spacial score (nSPS) is 11.4. The van der Waals surface area contributed by atoms with E-state index in [-0.39, 0.29) is 16.4 Å². The Morgan fingerprint density at radius 1 is 1.10 bits per heavy atom. The highest BCUT2D eigenvalue weighted by Gasteiger charge is 2.22. The minimum Gasteiger partial charge on any atom is -0.397 e. The van der Waals surface area contributed by atoms with Gasteiger partial charge in [-0.3, -0.25) is 4.72 Å². The first-order chi connectivity index (χ1) is 9.72. The van der Waals surface area contributed by atoms with E-state index in [0.717, 1.165) is 30.3 Å². The van der Waals surface area contributed by atoms with Gasteiger partial charge in [-0.05, 0) is 30.3 Å². The number of benzene rings is 2. The molecule has 2 aromatic rings. The van der Waals surface area contributed by atoms with Gasteiger partial charge in [-0.25, -0.2) is 17.2 Å². The molecule has 0 aromatic heterocycles. The quantitative estimate of drug-likeness (QED) is 0.654. The first kappa shape index (κ1) is 15.8. The Morgan fingerprint density at radius 3 is 2.38 bits per heavy atom. The second kappa shape index (κ2) is 5.67. The highest BCUT2D eigenvalue weighted by Crippen LogP contribution is 2.31. The van der Waals surface area contributed by atoms with Gasteiger partial charge < -0.3 is 5.73 Å². The first-order valence-electron chi connectivity index (χ1n) is 5.43. The van der Waals surface area contributed by atoms with E-state index in [0.29, 0.717) is 0 Å². The molecule has 21 heavy (non-hydrogen) atoms. The average molecular weight is 353 g/mol. The molecule has 0 radical (unpaired) electrons. The molecule has 112 valence electrons. The third-order valence-corrected chi connectivity index (χ3v) is 4.73. The lowest BCUT2D eigenvalue weighted by atomic mass is 10.3. The Labute approximate surface area is 129 Å². The summed E-state index contributed by atoms with van der Waals surface area (Å²) >= 11 is 11.1. The van der Waals surface area contributed by atoms with Crippen LogP contribution in [0.15, 0.2) is 35.2 Å². The molecule has 0 spiro atoms. The number of anilines is 2. The number of nitrogens with two attached hydrogens (primary N) is 1. The molecule has 0 heterocycles. The number of halogens is 4. The highest BCUT2D eigenvalue weighted by molar-refractivity contribution is 7.92. The van der Waals surface area contributed by atoms with Gasteiger partial charge in [0.15, 0.2) is 5.82 Å². The number of sulfonamides is 1. The van der Waals surface area contributed by atoms with Gasteiger partial charge in [-0.2, -0.15) is 0 Å². The summed E-state index contributed by atoms with van der Waals surface area (Å²) in [6, 6.07) is 5.23. The van der Waals surface area contributed by atoms with E-state index in [1.165, 1.54) is 0 Å². The maximum Gasteiger partial charge on any atom is 0.263 e. The Morgan fingerprint density at radius 2 is 1.76 bits per heavy atom. The van der Waals surface area contributed by atoms with Crippen LogP contribution in [0.1, 0.15) is 0 Å². The molecule has 9 heteroatoms. The topological polar surface area (TPSA) is 72.2 Å². The summed E-state index contributed by atoms with van der Waals surface area (Å²) in [5, 5.41) is -0.948. The Hall–Kier alpha value is -1.57. The molecule has 0 amide bonds. The molecule has 0 bridgehead atoms. The zero-order chi connectivity index (χ0) is 15.8. The summed E-state index contributed by atoms with van der Waals surface area (Å²) in [6.45, 7) is 0. The monoisotopic (exact) mass is 352 g/mol. The third kappa shape index (κ3) is 3.20. The number of rotatable bonds is 3. The smallest absolute Gasteiger partial charge is 0.263 e. The fourth-order valence-corrected chi connectivity index (χ4v) is 3.38. The lowest BCUT2D eigenvalue weighted by Crippen LogP contribution is -2.15. The second-order valence-corrected chi connectivity index (χ2v) is 6.45. The molecule has 4 nitrogen and oxygen atoms in total. The first-order valence-corrected chi connectivity index (χ1v) is 7.67. The number of hydrogen-bond donors (Lipinski definition) is 2. The van der Waals surface area contributed by atoms with Crippen molar-refractivity contribution in [2.24, 2.45) is 0 Å². The molecular weight excluding hydrogens is 345 g/mol. The molecule has 2 aromatic carbocycles. The molecule has 0 saturated carbocycles. The third-order valence-electron chi connectivity index (χ3n) is 2.55. The summed E-state index contributed by atoms with van der Waals surface area (Å²) in [6.07, 6.45) is 0. The van der Waals surface area contributed by atoms with Crippen LogP contribution in [0, 0.1) is 11.6 Å². The van der Waals surface area contributed by atoms with Gasteiger partial charge in [0, 0.05) is 0 Å². The predicted octanol–water partition coefficient (Wildman–Crippen LogP) is 3.65. The fourth-order valence-electron chi connectivity index (χ4n) is 1.54. The van der Waals surface area contributed by atoms with Crippen LogP contribution in [0.5, 0.6) is 0 Å². The summed E-state index contributed by atoms with van der Waals surface area (Å²) < 4.78 is 52.9. The van der Waals surface area contributed by atoms with E-state index in [9.17, 15) is 17.2 Å². The van der Waals surface area contributed by atoms with Gasteiger partial charge in [0.25, 0.3) is 10.0 Å². The van der Waals surface area contributed by atoms with Crippen molar-refractivity contribution in [1.29, 1.82) is 0 Å². The van der Waals surface area contributed by atoms with Crippen LogP contribution >= 0.6 is 23.2 Å². The summed E-state index contributed by atoms with van der Waals surface area (Å²) in [5.41, 5.74) is 5.33. The van der Waals surface area contributed by atoms with Gasteiger partial charge in [0.2, 0.25) is 0 Å². The molecule has 0 fully saturated rings. The standard InChI is InChI=1S/C12H8Cl2F2N2O2S/c13-7-2-4-10(11(14)12(7)16)21(19,20)18-9-3-1-6(15)5-8(9)17/h1-5,18H,17H2. The van der Waals surface area contributed by atoms with Crippen LogP contribution < -0.4 is 10.5 Å². The van der Waals surface area contributed by atoms with Gasteiger partial charge in [-0.1, -0.05) is 23.2 Å². The van der Waals surface area contributed by atoms with Gasteiger partial charge in [0.05, 0.1) is 21.4 Å². The van der Waals surface area contributed by atoms with Crippen molar-refractivity contribution in [3.63, 3.8) is 0 Å². The lowest BCUT2D eigenvalue weighted by Gasteiger charge is -2.12. The molecule has 0 unspecified atom stereocenters. The van der Waals surface area contributed by atoms with Gasteiger partial charge in [0.1, 0.15) is 10.7 Å². The van der Waals surface area contributed by atoms with E-state index in [1.807, 2.05) is 0 Å². The summed E-state index contributed by atoms with van der Waals surface area (Å²) in [4.78, 5) is -0.505. The minimum atomic E-state index is -4.20. The van der Waals surface area contributed by atoms with Crippen LogP contribution in [0.2, 0.25) is 10.0 Å². The Bertz CT molecular complexity index is 813. The molecule has 0 atom stereocenters. The van der Waals surface area contributed by atoms with E-state index in [2.05, 4.69) is 4.72 Å². The van der Waals surface area contributed by atoms with Crippen molar-refractivity contribution in [3.8, 4) is 0 Å². The van der Waals surface area contributed by atoms with Crippen molar-refractivity contribution in [3.05, 3.63) is 52.0 Å². The van der Waals surface area contributed by atoms with Crippen LogP contribution in [0.3, 0.4) is 0 Å². The van der Waals surface area contributed by atoms with E-state index in [4.69, 9.17) is 28.9 Å². The van der Waals surface area contributed by atoms with E-state index < -0.39 is 31.6 Å². The SMILES string of the molecule is Nc1cc(F)ccc1NS(=O)(=O)c1ccc(Cl)c(F)c1Cl. The van der Waals surface area contributed by atoms with Gasteiger partial charge >= 0.3 is 0 Å². The van der Waals surface area contributed by atoms with Crippen LogP contribution in [-0.4, -0.2) is 8.42 Å². The molecule has 3 N–H and O–H groups in total. The van der Waals surface area contributed by atoms with Crippen LogP contribution in [-0.2, 0) is 10.0 Å². The van der Waals surface area contributed by atoms with Crippen molar-refractivity contribution >= 4 is 44.6 Å². The van der Waals surface area contributed by atoms with Gasteiger partial charge in [-0.15, -0.1) is 0 Å². The average Bonchev–Trinajstić information content (AvgIpc) is 2.39. The van der Waals surface area contributed by atoms with E-state index >= 15 is 0 Å². The molecule has 0 aliphatic rings. The zero-order valence-electron chi connectivity index (χ0n) is 10.2. The predicted molar refractivity (Wildman–Crippen MR) is 78.0 cm³/mol. The maximum absolute atomic E-state index is 13.6. The number of nitrogens with one attached hydrogen (secondary N) is 1. The molecule has 2 rings (SSSR count). The van der Waals surface area contributed by atoms with Crippen LogP contribution in [0.25, 0.3) is 0 Å². The van der Waals surface area contributed by atoms with Crippen LogP contribution in [0.4, 0.5) is 20.2 Å². The van der Waals surface area contributed by atoms with Crippen molar-refractivity contribution < 1.29 is 17.2 Å². The Balaban J connectivity index is 2.46. The maximum atomic E-state index is 13.6. The number of nitrogen functional groups attached to an aromatic ring is 1. The van der Waals surface area contributed by atoms with Crippen molar-refractivity contribution in [1.82, 2.24) is 0 Å². The fraction of sp³-hybridized carbons (Fsp3) is 0. The van der Waals surface area contributed by atoms with E-state index in [1.54, 1.807) is 0 Å². The number of hydrogen-bond acceptors (Lipinski definition) is 3. The summed E-state index contributed by atoms with van der Waals surface area (Å²) in [5.74, 6) is -1.67. The largest absolute Gasteiger partial charge is 0.397 e. The minimum absolute atomic E-state index is 0.0529. The zero-order valence-corrected chi connectivity index (χ0v) is 12.5. The summed E-state index contributed by atoms with van der Waals surface area (Å²) in [7, 11) is -4.20. The molecule has 0 aliphatic heterocycles. The Kier molecular flexibility index (Phi) is 4.27. The van der Waals surface area contributed by atoms with Crippen molar-refractivity contribution in [2.45, 2.75) is 4.90 Å². The second-order valence-electron chi connectivity index (χ2n) is 4.01. The molecule has 0 saturated heterocycles. The lowest BCUT2D eigenvalue weighted by molar-refractivity contribution is 0.595. The highest BCUT2D eigenvalue weighted by atomic mass is 35.5. The molecular formula is C12H8Cl2F2N2O2S.